The molecule has 3 aromatic carbocycles. The molecule has 9 heteroatoms. The Balaban J connectivity index is 1.88. The average molecular weight is 512 g/mol. The fourth-order valence-electron chi connectivity index (χ4n) is 4.06. The summed E-state index contributed by atoms with van der Waals surface area (Å²) < 4.78 is 60.8. The summed E-state index contributed by atoms with van der Waals surface area (Å²) in [6.45, 7) is 1.96. The summed E-state index contributed by atoms with van der Waals surface area (Å²) in [5, 5.41) is 0. The molecule has 1 heterocycles. The molecule has 0 spiro atoms. The molecule has 1 unspecified atom stereocenters. The number of carbonyl (C=O) groups is 1. The van der Waals surface area contributed by atoms with Gasteiger partial charge in [-0.15, -0.1) is 0 Å². The lowest BCUT2D eigenvalue weighted by Gasteiger charge is -2.35. The Bertz CT molecular complexity index is 1460. The van der Waals surface area contributed by atoms with Gasteiger partial charge in [0.15, 0.2) is 0 Å². The van der Waals surface area contributed by atoms with Gasteiger partial charge in [-0.3, -0.25) is 0 Å². The van der Waals surface area contributed by atoms with Crippen LogP contribution < -0.4 is 0 Å². The van der Waals surface area contributed by atoms with Crippen molar-refractivity contribution in [2.75, 3.05) is 13.7 Å². The minimum absolute atomic E-state index is 0.0158. The number of nitrogens with zero attached hydrogens (tertiary/aromatic N) is 1. The van der Waals surface area contributed by atoms with E-state index in [0.29, 0.717) is 5.56 Å². The maximum Gasteiger partial charge on any atom is 0.337 e. The summed E-state index contributed by atoms with van der Waals surface area (Å²) in [7, 11) is -6.79. The molecule has 0 radical (unpaired) electrons. The summed E-state index contributed by atoms with van der Waals surface area (Å²) in [6, 6.07) is 19.4. The molecule has 0 aliphatic carbocycles. The van der Waals surface area contributed by atoms with E-state index in [1.54, 1.807) is 48.5 Å². The predicted octanol–water partition coefficient (Wildman–Crippen LogP) is 4.28. The molecule has 1 aliphatic heterocycles. The Kier molecular flexibility index (Phi) is 6.93. The summed E-state index contributed by atoms with van der Waals surface area (Å²) in [5.41, 5.74) is 1.61. The van der Waals surface area contributed by atoms with Crippen LogP contribution in [0, 0.1) is 6.92 Å². The first-order valence-electron chi connectivity index (χ1n) is 10.9. The molecule has 4 rings (SSSR count). The number of aryl methyl sites for hydroxylation is 1. The number of ether oxygens (including phenoxy) is 1. The third-order valence-electron chi connectivity index (χ3n) is 5.89. The highest BCUT2D eigenvalue weighted by atomic mass is 32.2. The van der Waals surface area contributed by atoms with Gasteiger partial charge in [0.05, 0.1) is 33.4 Å². The van der Waals surface area contributed by atoms with E-state index in [1.165, 1.54) is 47.8 Å². The largest absolute Gasteiger partial charge is 0.465 e. The average Bonchev–Trinajstić information content (AvgIpc) is 2.88. The minimum atomic E-state index is -4.04. The molecule has 0 bridgehead atoms. The Labute approximate surface area is 205 Å². The molecule has 3 aromatic rings. The first-order valence-corrected chi connectivity index (χ1v) is 13.9. The molecule has 0 saturated heterocycles. The van der Waals surface area contributed by atoms with Crippen LogP contribution in [0.1, 0.15) is 33.9 Å². The van der Waals surface area contributed by atoms with Crippen molar-refractivity contribution in [3.8, 4) is 0 Å². The van der Waals surface area contributed by atoms with Gasteiger partial charge < -0.3 is 4.74 Å². The fraction of sp³-hybridized carbons (Fsp3) is 0.192. The zero-order valence-corrected chi connectivity index (χ0v) is 20.9. The van der Waals surface area contributed by atoms with Gasteiger partial charge in [0.1, 0.15) is 0 Å². The van der Waals surface area contributed by atoms with E-state index in [1.807, 2.05) is 6.92 Å². The molecule has 0 aromatic heterocycles. The van der Waals surface area contributed by atoms with E-state index in [4.69, 9.17) is 4.74 Å². The Morgan fingerprint density at radius 2 is 1.49 bits per heavy atom. The van der Waals surface area contributed by atoms with E-state index < -0.39 is 31.9 Å². The molecule has 35 heavy (non-hydrogen) atoms. The Hall–Kier alpha value is -3.27. The molecule has 1 atom stereocenters. The minimum Gasteiger partial charge on any atom is -0.465 e. The van der Waals surface area contributed by atoms with Crippen LogP contribution in [0.3, 0.4) is 0 Å². The van der Waals surface area contributed by atoms with Crippen LogP contribution in [0.2, 0.25) is 0 Å². The lowest BCUT2D eigenvalue weighted by atomic mass is 10.0. The van der Waals surface area contributed by atoms with Gasteiger partial charge in [-0.2, -0.15) is 4.31 Å². The number of carbonyl (C=O) groups excluding carboxylic acids is 1. The first kappa shape index (κ1) is 24.8. The van der Waals surface area contributed by atoms with Gasteiger partial charge in [0, 0.05) is 6.54 Å². The van der Waals surface area contributed by atoms with Crippen molar-refractivity contribution < 1.29 is 26.4 Å². The van der Waals surface area contributed by atoms with Crippen molar-refractivity contribution in [1.82, 2.24) is 4.31 Å². The highest BCUT2D eigenvalue weighted by molar-refractivity contribution is 7.95. The number of methoxy groups -OCH3 is 1. The molecule has 1 aliphatic rings. The van der Waals surface area contributed by atoms with E-state index in [-0.39, 0.29) is 33.2 Å². The number of hydrogen-bond donors (Lipinski definition) is 0. The standard InChI is InChI=1S/C26H25NO6S2/c1-19-10-16-22(17-11-19)34(29,30)24-9-6-18-27(35(31,32)23-7-4-3-5-8-23)25(24)20-12-14-21(15-13-20)26(28)33-2/h3-5,7-17,25H,6,18H2,1-2H3. The van der Waals surface area contributed by atoms with E-state index in [9.17, 15) is 21.6 Å². The van der Waals surface area contributed by atoms with Crippen LogP contribution in [0.25, 0.3) is 0 Å². The van der Waals surface area contributed by atoms with Crippen LogP contribution in [0.15, 0.2) is 99.6 Å². The second kappa shape index (κ2) is 9.77. The van der Waals surface area contributed by atoms with Crippen LogP contribution in [-0.2, 0) is 24.6 Å². The fourth-order valence-corrected chi connectivity index (χ4v) is 7.42. The molecular formula is C26H25NO6S2. The van der Waals surface area contributed by atoms with Crippen LogP contribution in [0.4, 0.5) is 0 Å². The van der Waals surface area contributed by atoms with Crippen molar-refractivity contribution >= 4 is 25.8 Å². The smallest absolute Gasteiger partial charge is 0.337 e. The Morgan fingerprint density at radius 1 is 0.857 bits per heavy atom. The summed E-state index contributed by atoms with van der Waals surface area (Å²) in [6.07, 6.45) is 1.83. The number of sulfone groups is 1. The van der Waals surface area contributed by atoms with Crippen molar-refractivity contribution in [2.24, 2.45) is 0 Å². The van der Waals surface area contributed by atoms with Gasteiger partial charge in [0.2, 0.25) is 19.9 Å². The van der Waals surface area contributed by atoms with Gasteiger partial charge >= 0.3 is 5.97 Å². The van der Waals surface area contributed by atoms with Crippen molar-refractivity contribution in [3.63, 3.8) is 0 Å². The zero-order valence-electron chi connectivity index (χ0n) is 19.3. The van der Waals surface area contributed by atoms with Gasteiger partial charge in [-0.05, 0) is 55.3 Å². The first-order chi connectivity index (χ1) is 16.7. The van der Waals surface area contributed by atoms with Gasteiger partial charge in [-0.1, -0.05) is 54.1 Å². The highest BCUT2D eigenvalue weighted by Gasteiger charge is 2.41. The molecular weight excluding hydrogens is 486 g/mol. The number of esters is 1. The molecule has 0 saturated carbocycles. The van der Waals surface area contributed by atoms with Crippen molar-refractivity contribution in [2.45, 2.75) is 29.2 Å². The van der Waals surface area contributed by atoms with E-state index >= 15 is 0 Å². The quantitative estimate of drug-likeness (QED) is 0.459. The number of benzene rings is 3. The number of rotatable bonds is 6. The lowest BCUT2D eigenvalue weighted by Crippen LogP contribution is -2.40. The van der Waals surface area contributed by atoms with Crippen molar-refractivity contribution in [3.05, 3.63) is 107 Å². The highest BCUT2D eigenvalue weighted by Crippen LogP contribution is 2.41. The third-order valence-corrected chi connectivity index (χ3v) is 9.67. The maximum absolute atomic E-state index is 13.7. The van der Waals surface area contributed by atoms with E-state index in [2.05, 4.69) is 0 Å². The second-order valence-electron chi connectivity index (χ2n) is 8.16. The van der Waals surface area contributed by atoms with Crippen molar-refractivity contribution in [1.29, 1.82) is 0 Å². The van der Waals surface area contributed by atoms with Crippen LogP contribution in [-0.4, -0.2) is 40.8 Å². The molecule has 0 N–H and O–H groups in total. The predicted molar refractivity (Wildman–Crippen MR) is 132 cm³/mol. The molecule has 182 valence electrons. The van der Waals surface area contributed by atoms with Gasteiger partial charge in [-0.25, -0.2) is 21.6 Å². The number of sulfonamides is 1. The second-order valence-corrected chi connectivity index (χ2v) is 12.0. The summed E-state index contributed by atoms with van der Waals surface area (Å²) >= 11 is 0. The lowest BCUT2D eigenvalue weighted by molar-refractivity contribution is 0.0600. The zero-order chi connectivity index (χ0) is 25.2. The van der Waals surface area contributed by atoms with Crippen LogP contribution in [0.5, 0.6) is 0 Å². The summed E-state index contributed by atoms with van der Waals surface area (Å²) in [5.74, 6) is -0.544. The third kappa shape index (κ3) is 4.80. The Morgan fingerprint density at radius 3 is 2.09 bits per heavy atom. The normalized spacial score (nSPS) is 17.0. The molecule has 0 fully saturated rings. The van der Waals surface area contributed by atoms with Gasteiger partial charge in [0.25, 0.3) is 0 Å². The number of hydrogen-bond acceptors (Lipinski definition) is 6. The summed E-state index contributed by atoms with van der Waals surface area (Å²) in [4.78, 5) is 12.1. The van der Waals surface area contributed by atoms with Crippen LogP contribution >= 0.6 is 0 Å². The SMILES string of the molecule is COC(=O)c1ccc(C2C(S(=O)(=O)c3ccc(C)cc3)=CCCN2S(=O)(=O)c2ccccc2)cc1. The van der Waals surface area contributed by atoms with E-state index in [0.717, 1.165) is 5.56 Å². The molecule has 7 nitrogen and oxygen atoms in total. The monoisotopic (exact) mass is 511 g/mol. The molecule has 0 amide bonds. The topological polar surface area (TPSA) is 97.8 Å². The maximum atomic E-state index is 13.7.